The molecule has 56 valence electrons. The Hall–Kier alpha value is -0.134. The van der Waals surface area contributed by atoms with Crippen molar-refractivity contribution in [1.29, 1.82) is 0 Å². The van der Waals surface area contributed by atoms with Gasteiger partial charge >= 0.3 is 23.1 Å². The van der Waals surface area contributed by atoms with E-state index in [1.165, 1.54) is 0 Å². The van der Waals surface area contributed by atoms with Crippen molar-refractivity contribution >= 4 is 23.1 Å². The Labute approximate surface area is 90.6 Å². The number of halogens is 1. The third kappa shape index (κ3) is 3.18. The van der Waals surface area contributed by atoms with Crippen LogP contribution in [-0.4, -0.2) is 38.4 Å². The van der Waals surface area contributed by atoms with Crippen molar-refractivity contribution in [2.45, 2.75) is 0 Å². The van der Waals surface area contributed by atoms with Gasteiger partial charge in [-0.3, -0.25) is 0 Å². The molecule has 0 saturated carbocycles. The topological polar surface area (TPSA) is 60.7 Å². The monoisotopic (exact) mass is 228 g/mol. The van der Waals surface area contributed by atoms with Gasteiger partial charge in [-0.05, 0) is 0 Å². The second kappa shape index (κ2) is 5.51. The fourth-order valence-electron chi connectivity index (χ4n) is 0.467. The minimum Gasteiger partial charge on any atom is -1.00 e. The molecule has 0 saturated heterocycles. The van der Waals surface area contributed by atoms with Crippen LogP contribution in [0.1, 0.15) is 0 Å². The van der Waals surface area contributed by atoms with Gasteiger partial charge in [0.2, 0.25) is 0 Å². The molecule has 0 aliphatic heterocycles. The van der Waals surface area contributed by atoms with E-state index in [0.29, 0.717) is 0 Å². The molecule has 1 rings (SSSR count). The van der Waals surface area contributed by atoms with E-state index in [9.17, 15) is 0 Å². The molecule has 1 aromatic rings. The van der Waals surface area contributed by atoms with Gasteiger partial charge in [0.25, 0.3) is 0 Å². The average Bonchev–Trinajstić information content (AvgIpc) is 1.83. The molecule has 0 amide bonds. The van der Waals surface area contributed by atoms with Crippen molar-refractivity contribution in [2.75, 3.05) is 0 Å². The standard InChI is InChI=1S/C6H5O3.BrH.Mg/c7-4-2-1-3-5(8)6(4)9;;/h2-3,7-9H;1H;/q-1;;+2/p-1. The normalized spacial score (nSPS) is 7.64. The van der Waals surface area contributed by atoms with Crippen LogP contribution >= 0.6 is 0 Å². The zero-order valence-corrected chi connectivity index (χ0v) is 8.58. The molecule has 0 fully saturated rings. The summed E-state index contributed by atoms with van der Waals surface area (Å²) in [5.41, 5.74) is 0. The van der Waals surface area contributed by atoms with Crippen molar-refractivity contribution in [3.05, 3.63) is 18.2 Å². The number of hydrogen-bond donors (Lipinski definition) is 3. The van der Waals surface area contributed by atoms with Crippen molar-refractivity contribution in [1.82, 2.24) is 0 Å². The first kappa shape index (κ1) is 13.5. The summed E-state index contributed by atoms with van der Waals surface area (Å²) < 4.78 is 0. The van der Waals surface area contributed by atoms with Gasteiger partial charge in [-0.1, -0.05) is 0 Å². The Bertz CT molecular complexity index is 209. The SMILES string of the molecule is Oc1c[c-]cc(O)c1O.[Br-].[Mg+2]. The van der Waals surface area contributed by atoms with E-state index >= 15 is 0 Å². The fourth-order valence-corrected chi connectivity index (χ4v) is 0.467. The van der Waals surface area contributed by atoms with Crippen LogP contribution in [0.4, 0.5) is 0 Å². The molecule has 3 nitrogen and oxygen atoms in total. The molecule has 0 aliphatic rings. The first-order valence-electron chi connectivity index (χ1n) is 2.33. The van der Waals surface area contributed by atoms with Gasteiger partial charge in [-0.2, -0.15) is 6.07 Å². The van der Waals surface area contributed by atoms with Crippen molar-refractivity contribution < 1.29 is 32.3 Å². The summed E-state index contributed by atoms with van der Waals surface area (Å²) in [5, 5.41) is 26.0. The molecule has 0 unspecified atom stereocenters. The van der Waals surface area contributed by atoms with Crippen LogP contribution in [0.5, 0.6) is 17.2 Å². The molecule has 0 atom stereocenters. The first-order chi connectivity index (χ1) is 4.22. The number of aromatic hydroxyl groups is 3. The maximum atomic E-state index is 8.69. The second-order valence-electron chi connectivity index (χ2n) is 1.57. The molecule has 1 aromatic carbocycles. The molecular weight excluding hydrogens is 224 g/mol. The zero-order valence-electron chi connectivity index (χ0n) is 5.58. The van der Waals surface area contributed by atoms with E-state index in [-0.39, 0.29) is 51.5 Å². The van der Waals surface area contributed by atoms with Crippen LogP contribution < -0.4 is 17.0 Å². The summed E-state index contributed by atoms with van der Waals surface area (Å²) in [6, 6.07) is 4.73. The van der Waals surface area contributed by atoms with Gasteiger partial charge < -0.3 is 32.3 Å². The molecule has 11 heavy (non-hydrogen) atoms. The van der Waals surface area contributed by atoms with Gasteiger partial charge in [0.15, 0.2) is 0 Å². The van der Waals surface area contributed by atoms with Gasteiger partial charge in [0.05, 0.1) is 5.75 Å². The van der Waals surface area contributed by atoms with Gasteiger partial charge in [0, 0.05) is 11.5 Å². The van der Waals surface area contributed by atoms with Crippen LogP contribution in [0.2, 0.25) is 0 Å². The van der Waals surface area contributed by atoms with Crippen molar-refractivity contribution in [3.63, 3.8) is 0 Å². The maximum Gasteiger partial charge on any atom is 2.00 e. The smallest absolute Gasteiger partial charge is 1.00 e. The van der Waals surface area contributed by atoms with E-state index in [0.717, 1.165) is 12.1 Å². The van der Waals surface area contributed by atoms with Crippen LogP contribution in [0.3, 0.4) is 0 Å². The van der Waals surface area contributed by atoms with E-state index in [1.807, 2.05) is 0 Å². The maximum absolute atomic E-state index is 8.69. The number of benzene rings is 1. The molecule has 0 radical (unpaired) electrons. The summed E-state index contributed by atoms with van der Waals surface area (Å²) in [6.07, 6.45) is 0. The van der Waals surface area contributed by atoms with Crippen LogP contribution in [0, 0.1) is 6.07 Å². The molecule has 5 heteroatoms. The molecule has 0 aliphatic carbocycles. The van der Waals surface area contributed by atoms with E-state index in [1.54, 1.807) is 0 Å². The number of phenols is 3. The third-order valence-electron chi connectivity index (χ3n) is 0.925. The molecule has 0 bridgehead atoms. The molecule has 0 spiro atoms. The molecule has 0 aromatic heterocycles. The third-order valence-corrected chi connectivity index (χ3v) is 0.925. The summed E-state index contributed by atoms with van der Waals surface area (Å²) in [4.78, 5) is 0. The molecule has 0 heterocycles. The van der Waals surface area contributed by atoms with E-state index < -0.39 is 5.75 Å². The Kier molecular flexibility index (Phi) is 6.74. The van der Waals surface area contributed by atoms with E-state index in [4.69, 9.17) is 15.3 Å². The Morgan fingerprint density at radius 2 is 1.36 bits per heavy atom. The molecule has 3 N–H and O–H groups in total. The van der Waals surface area contributed by atoms with Gasteiger partial charge in [-0.15, -0.1) is 12.1 Å². The fraction of sp³-hybridized carbons (Fsp3) is 0. The number of hydrogen-bond acceptors (Lipinski definition) is 3. The summed E-state index contributed by atoms with van der Waals surface area (Å²) >= 11 is 0. The summed E-state index contributed by atoms with van der Waals surface area (Å²) in [6.45, 7) is 0. The summed E-state index contributed by atoms with van der Waals surface area (Å²) in [7, 11) is 0. The predicted octanol–water partition coefficient (Wildman–Crippen LogP) is -2.77. The average molecular weight is 229 g/mol. The molecular formula is C6H5BrMgO3. The number of rotatable bonds is 0. The summed E-state index contributed by atoms with van der Waals surface area (Å²) in [5.74, 6) is -1.24. The Balaban J connectivity index is 0. The largest absolute Gasteiger partial charge is 2.00 e. The first-order valence-corrected chi connectivity index (χ1v) is 2.33. The number of phenolic OH excluding ortho intramolecular Hbond substituents is 3. The van der Waals surface area contributed by atoms with Crippen LogP contribution in [0.25, 0.3) is 0 Å². The minimum absolute atomic E-state index is 0. The van der Waals surface area contributed by atoms with Crippen LogP contribution in [0.15, 0.2) is 12.1 Å². The Morgan fingerprint density at radius 3 is 1.64 bits per heavy atom. The zero-order chi connectivity index (χ0) is 6.85. The van der Waals surface area contributed by atoms with Gasteiger partial charge in [0.1, 0.15) is 0 Å². The second-order valence-corrected chi connectivity index (χ2v) is 1.57. The Morgan fingerprint density at radius 1 is 1.00 bits per heavy atom. The van der Waals surface area contributed by atoms with Gasteiger partial charge in [-0.25, -0.2) is 0 Å². The van der Waals surface area contributed by atoms with Crippen molar-refractivity contribution in [2.24, 2.45) is 0 Å². The van der Waals surface area contributed by atoms with E-state index in [2.05, 4.69) is 6.07 Å². The van der Waals surface area contributed by atoms with Crippen molar-refractivity contribution in [3.8, 4) is 17.2 Å². The minimum atomic E-state index is -0.506. The predicted molar refractivity (Wildman–Crippen MR) is 36.0 cm³/mol. The quantitative estimate of drug-likeness (QED) is 0.256. The van der Waals surface area contributed by atoms with Crippen LogP contribution in [-0.2, 0) is 0 Å².